The maximum absolute atomic E-state index is 2.30. The monoisotopic (exact) mass is 236 g/mol. The predicted octanol–water partition coefficient (Wildman–Crippen LogP) is 3.33. The molecule has 17 heavy (non-hydrogen) atoms. The molecule has 0 saturated carbocycles. The van der Waals surface area contributed by atoms with Gasteiger partial charge in [-0.3, -0.25) is 0 Å². The van der Waals surface area contributed by atoms with Crippen LogP contribution in [-0.2, 0) is 0 Å². The van der Waals surface area contributed by atoms with Gasteiger partial charge in [0.25, 0.3) is 0 Å². The Labute approximate surface area is 107 Å². The van der Waals surface area contributed by atoms with Crippen molar-refractivity contribution in [2.75, 3.05) is 39.1 Å². The average molecular weight is 236 g/mol. The minimum atomic E-state index is 1.06. The second-order valence-electron chi connectivity index (χ2n) is 4.49. The smallest absolute Gasteiger partial charge is 0.0366 e. The number of anilines is 1. The van der Waals surface area contributed by atoms with Gasteiger partial charge in [-0.1, -0.05) is 19.9 Å². The summed E-state index contributed by atoms with van der Waals surface area (Å²) < 4.78 is 0. The van der Waals surface area contributed by atoms with Gasteiger partial charge in [-0.25, -0.2) is 0 Å². The fourth-order valence-electron chi connectivity index (χ4n) is 1.44. The van der Waals surface area contributed by atoms with Crippen LogP contribution in [0.2, 0.25) is 0 Å². The van der Waals surface area contributed by atoms with Crippen molar-refractivity contribution < 1.29 is 0 Å². The van der Waals surface area contributed by atoms with Gasteiger partial charge in [-0.05, 0) is 51.2 Å². The molecule has 0 atom stereocenters. The third-order valence-electron chi connectivity index (χ3n) is 2.81. The van der Waals surface area contributed by atoms with Crippen LogP contribution in [0.4, 0.5) is 5.69 Å². The molecule has 1 rings (SSSR count). The molecule has 0 unspecified atom stereocenters. The van der Waals surface area contributed by atoms with E-state index in [1.807, 2.05) is 13.8 Å². The van der Waals surface area contributed by atoms with Crippen LogP contribution < -0.4 is 4.90 Å². The Balaban J connectivity index is 0.00000121. The maximum Gasteiger partial charge on any atom is 0.0366 e. The van der Waals surface area contributed by atoms with Gasteiger partial charge in [0.2, 0.25) is 0 Å². The molecule has 98 valence electrons. The molecule has 0 fully saturated rings. The molecule has 0 aliphatic rings. The number of hydrogen-bond acceptors (Lipinski definition) is 2. The van der Waals surface area contributed by atoms with Gasteiger partial charge in [0.05, 0.1) is 0 Å². The number of rotatable bonds is 4. The van der Waals surface area contributed by atoms with E-state index in [1.54, 1.807) is 0 Å². The number of nitrogens with zero attached hydrogens (tertiary/aromatic N) is 2. The summed E-state index contributed by atoms with van der Waals surface area (Å²) in [4.78, 5) is 4.50. The van der Waals surface area contributed by atoms with Crippen molar-refractivity contribution >= 4 is 5.69 Å². The van der Waals surface area contributed by atoms with E-state index in [4.69, 9.17) is 0 Å². The van der Waals surface area contributed by atoms with Crippen LogP contribution >= 0.6 is 0 Å². The molecule has 0 heterocycles. The predicted molar refractivity (Wildman–Crippen MR) is 79.1 cm³/mol. The molecule has 1 aromatic carbocycles. The quantitative estimate of drug-likeness (QED) is 0.791. The molecule has 0 N–H and O–H groups in total. The molecule has 0 aromatic heterocycles. The fourth-order valence-corrected chi connectivity index (χ4v) is 1.44. The minimum Gasteiger partial charge on any atom is -0.373 e. The number of likely N-dealkylation sites (N-methyl/N-ethyl adjacent to an activating group) is 2. The van der Waals surface area contributed by atoms with Crippen molar-refractivity contribution in [1.29, 1.82) is 0 Å². The zero-order valence-electron chi connectivity index (χ0n) is 12.5. The Bertz CT molecular complexity index is 319. The van der Waals surface area contributed by atoms with Crippen molar-refractivity contribution in [3.05, 3.63) is 29.3 Å². The van der Waals surface area contributed by atoms with E-state index in [2.05, 4.69) is 63.0 Å². The highest BCUT2D eigenvalue weighted by atomic mass is 15.1. The maximum atomic E-state index is 2.30. The van der Waals surface area contributed by atoms with E-state index in [1.165, 1.54) is 16.8 Å². The number of benzene rings is 1. The molecule has 0 spiro atoms. The molecule has 2 nitrogen and oxygen atoms in total. The third kappa shape index (κ3) is 5.73. The first-order valence-corrected chi connectivity index (χ1v) is 6.44. The Kier molecular flexibility index (Phi) is 7.64. The lowest BCUT2D eigenvalue weighted by Gasteiger charge is -2.22. The SMILES string of the molecule is CC.Cc1ccc(N(C)CCN(C)C)cc1C. The van der Waals surface area contributed by atoms with Crippen LogP contribution in [0.5, 0.6) is 0 Å². The highest BCUT2D eigenvalue weighted by Crippen LogP contribution is 2.17. The van der Waals surface area contributed by atoms with E-state index in [0.717, 1.165) is 13.1 Å². The molecular formula is C15H28N2. The lowest BCUT2D eigenvalue weighted by atomic mass is 10.1. The zero-order chi connectivity index (χ0) is 13.4. The van der Waals surface area contributed by atoms with E-state index in [0.29, 0.717) is 0 Å². The summed E-state index contributed by atoms with van der Waals surface area (Å²) in [5.41, 5.74) is 4.03. The largest absolute Gasteiger partial charge is 0.373 e. The molecule has 0 saturated heterocycles. The van der Waals surface area contributed by atoms with Crippen LogP contribution in [0, 0.1) is 13.8 Å². The highest BCUT2D eigenvalue weighted by molar-refractivity contribution is 5.49. The van der Waals surface area contributed by atoms with Crippen LogP contribution in [0.15, 0.2) is 18.2 Å². The second-order valence-corrected chi connectivity index (χ2v) is 4.49. The molecule has 0 bridgehead atoms. The van der Waals surface area contributed by atoms with Crippen molar-refractivity contribution in [2.45, 2.75) is 27.7 Å². The topological polar surface area (TPSA) is 6.48 Å². The van der Waals surface area contributed by atoms with Gasteiger partial charge in [0.15, 0.2) is 0 Å². The van der Waals surface area contributed by atoms with Gasteiger partial charge in [-0.15, -0.1) is 0 Å². The van der Waals surface area contributed by atoms with Crippen molar-refractivity contribution in [3.63, 3.8) is 0 Å². The normalized spacial score (nSPS) is 9.88. The molecular weight excluding hydrogens is 208 g/mol. The molecule has 0 aliphatic carbocycles. The van der Waals surface area contributed by atoms with E-state index in [9.17, 15) is 0 Å². The summed E-state index contributed by atoms with van der Waals surface area (Å²) in [7, 11) is 6.36. The van der Waals surface area contributed by atoms with Crippen LogP contribution in [0.3, 0.4) is 0 Å². The summed E-state index contributed by atoms with van der Waals surface area (Å²) in [6, 6.07) is 6.64. The first-order valence-electron chi connectivity index (χ1n) is 6.44. The lowest BCUT2D eigenvalue weighted by Crippen LogP contribution is -2.28. The van der Waals surface area contributed by atoms with Crippen LogP contribution in [-0.4, -0.2) is 39.1 Å². The van der Waals surface area contributed by atoms with Gasteiger partial charge in [0, 0.05) is 25.8 Å². The van der Waals surface area contributed by atoms with Crippen LogP contribution in [0.1, 0.15) is 25.0 Å². The standard InChI is InChI=1S/C13H22N2.C2H6/c1-11-6-7-13(10-12(11)2)15(5)9-8-14(3)4;1-2/h6-7,10H,8-9H2,1-5H3;1-2H3. The Morgan fingerprint density at radius 1 is 0.882 bits per heavy atom. The van der Waals surface area contributed by atoms with Gasteiger partial charge >= 0.3 is 0 Å². The second kappa shape index (κ2) is 8.13. The minimum absolute atomic E-state index is 1.06. The van der Waals surface area contributed by atoms with Gasteiger partial charge < -0.3 is 9.80 Å². The molecule has 0 amide bonds. The van der Waals surface area contributed by atoms with E-state index in [-0.39, 0.29) is 0 Å². The molecule has 1 aromatic rings. The Hall–Kier alpha value is -1.02. The molecule has 0 radical (unpaired) electrons. The van der Waals surface area contributed by atoms with E-state index >= 15 is 0 Å². The van der Waals surface area contributed by atoms with Crippen molar-refractivity contribution in [1.82, 2.24) is 4.90 Å². The Morgan fingerprint density at radius 3 is 1.94 bits per heavy atom. The number of hydrogen-bond donors (Lipinski definition) is 0. The summed E-state index contributed by atoms with van der Waals surface area (Å²) in [6.45, 7) is 10.5. The first-order chi connectivity index (χ1) is 8.00. The highest BCUT2D eigenvalue weighted by Gasteiger charge is 2.02. The van der Waals surface area contributed by atoms with Gasteiger partial charge in [0.1, 0.15) is 0 Å². The number of aryl methyl sites for hydroxylation is 2. The summed E-state index contributed by atoms with van der Waals surface area (Å²) in [5, 5.41) is 0. The summed E-state index contributed by atoms with van der Waals surface area (Å²) >= 11 is 0. The summed E-state index contributed by atoms with van der Waals surface area (Å²) in [5.74, 6) is 0. The lowest BCUT2D eigenvalue weighted by molar-refractivity contribution is 0.416. The van der Waals surface area contributed by atoms with Gasteiger partial charge in [-0.2, -0.15) is 0 Å². The first kappa shape index (κ1) is 16.0. The Morgan fingerprint density at radius 2 is 1.47 bits per heavy atom. The summed E-state index contributed by atoms with van der Waals surface area (Å²) in [6.07, 6.45) is 0. The van der Waals surface area contributed by atoms with Crippen molar-refractivity contribution in [3.8, 4) is 0 Å². The van der Waals surface area contributed by atoms with E-state index < -0.39 is 0 Å². The zero-order valence-corrected chi connectivity index (χ0v) is 12.5. The third-order valence-corrected chi connectivity index (χ3v) is 2.81. The molecule has 0 aliphatic heterocycles. The van der Waals surface area contributed by atoms with Crippen LogP contribution in [0.25, 0.3) is 0 Å². The fraction of sp³-hybridized carbons (Fsp3) is 0.600. The van der Waals surface area contributed by atoms with Crippen molar-refractivity contribution in [2.24, 2.45) is 0 Å². The average Bonchev–Trinajstić information content (AvgIpc) is 2.32. The molecule has 2 heteroatoms.